The number of ether oxygens (including phenoxy) is 5. The second-order valence-corrected chi connectivity index (χ2v) is 21.1. The van der Waals surface area contributed by atoms with Crippen LogP contribution in [0.2, 0.25) is 0 Å². The monoisotopic (exact) mass is 897 g/mol. The maximum absolute atomic E-state index is 14.7. The van der Waals surface area contributed by atoms with Gasteiger partial charge in [0, 0.05) is 36.6 Å². The van der Waals surface area contributed by atoms with Crippen LogP contribution in [0.1, 0.15) is 140 Å². The Morgan fingerprint density at radius 2 is 1.66 bits per heavy atom. The maximum Gasteiger partial charge on any atom is 0.309 e. The lowest BCUT2D eigenvalue weighted by atomic mass is 9.72. The lowest BCUT2D eigenvalue weighted by molar-refractivity contribution is -0.397. The van der Waals surface area contributed by atoms with Gasteiger partial charge in [0.1, 0.15) is 11.8 Å². The fourth-order valence-corrected chi connectivity index (χ4v) is 11.9. The molecule has 5 aliphatic rings. The number of hydrogen-bond acceptors (Lipinski definition) is 11. The number of carbonyl (C=O) groups excluding carboxylic acids is 1. The molecule has 0 aliphatic carbocycles. The molecule has 5 rings (SSSR count). The molecule has 0 bridgehead atoms. The van der Waals surface area contributed by atoms with Crippen LogP contribution in [-0.2, 0) is 33.3 Å². The van der Waals surface area contributed by atoms with E-state index in [1.165, 1.54) is 0 Å². The molecule has 12 nitrogen and oxygen atoms in total. The number of hydrogen-bond donors (Lipinski definition) is 5. The molecular weight excluding hydrogens is 817 g/mol. The molecule has 0 saturated carbocycles. The van der Waals surface area contributed by atoms with Crippen LogP contribution in [0.3, 0.4) is 0 Å². The summed E-state index contributed by atoms with van der Waals surface area (Å²) in [6, 6.07) is -0.449. The van der Waals surface area contributed by atoms with Crippen molar-refractivity contribution in [1.29, 1.82) is 0 Å². The Bertz CT molecular complexity index is 1540. The summed E-state index contributed by atoms with van der Waals surface area (Å²) in [4.78, 5) is 26.7. The van der Waals surface area contributed by atoms with Gasteiger partial charge in [0.15, 0.2) is 16.7 Å². The van der Waals surface area contributed by atoms with Crippen molar-refractivity contribution in [3.8, 4) is 0 Å². The number of carboxylic acids is 1. The van der Waals surface area contributed by atoms with Crippen molar-refractivity contribution >= 4 is 40.8 Å². The van der Waals surface area contributed by atoms with Crippen molar-refractivity contribution in [1.82, 2.24) is 10.6 Å². The van der Waals surface area contributed by atoms with Gasteiger partial charge in [0.2, 0.25) is 0 Å². The van der Waals surface area contributed by atoms with E-state index >= 15 is 0 Å². The van der Waals surface area contributed by atoms with Crippen LogP contribution < -0.4 is 10.6 Å². The average molecular weight is 897 g/mol. The SMILES string of the molecule is CCC(C(=O)[C@@H](C)[C@@H](O)[C@H](C)[C@@H]1O[C@@H]([C@@H](CC)C(=O)O)CC[C@@H]1C)[C@H]1O[C@]2(C=CC(NC(=S)NCCCSC)[C@]3(CC[C@@](C)([C@H]4CC[C@](O)(CC)[C@H](C)O4)O3)O2)[C@H](C)C[C@@H]1C. The smallest absolute Gasteiger partial charge is 0.309 e. The van der Waals surface area contributed by atoms with E-state index in [-0.39, 0.29) is 41.8 Å². The van der Waals surface area contributed by atoms with Crippen molar-refractivity contribution in [2.24, 2.45) is 41.4 Å². The summed E-state index contributed by atoms with van der Waals surface area (Å²) in [7, 11) is 0. The van der Waals surface area contributed by atoms with E-state index in [2.05, 4.69) is 50.7 Å². The zero-order chi connectivity index (χ0) is 45.1. The van der Waals surface area contributed by atoms with Crippen LogP contribution in [0.4, 0.5) is 0 Å². The fourth-order valence-electron chi connectivity index (χ4n) is 11.3. The Kier molecular flexibility index (Phi) is 17.3. The van der Waals surface area contributed by atoms with E-state index in [0.717, 1.165) is 31.6 Å². The van der Waals surface area contributed by atoms with Crippen molar-refractivity contribution < 1.29 is 48.6 Å². The van der Waals surface area contributed by atoms with Gasteiger partial charge >= 0.3 is 5.97 Å². The van der Waals surface area contributed by atoms with Crippen LogP contribution in [0.15, 0.2) is 12.2 Å². The molecule has 350 valence electrons. The molecular formula is C47H80N2O10S2. The third-order valence-electron chi connectivity index (χ3n) is 15.6. The quantitative estimate of drug-likeness (QED) is 0.0557. The molecule has 0 aromatic heterocycles. The van der Waals surface area contributed by atoms with Crippen LogP contribution in [0, 0.1) is 41.4 Å². The average Bonchev–Trinajstić information content (AvgIpc) is 3.57. The first-order valence-corrected chi connectivity index (χ1v) is 25.3. The number of aliphatic carboxylic acids is 1. The molecule has 5 aliphatic heterocycles. The Labute approximate surface area is 376 Å². The molecule has 0 radical (unpaired) electrons. The molecule has 61 heavy (non-hydrogen) atoms. The van der Waals surface area contributed by atoms with Gasteiger partial charge in [-0.1, -0.05) is 61.5 Å². The summed E-state index contributed by atoms with van der Waals surface area (Å²) >= 11 is 7.62. The Balaban J connectivity index is 1.38. The number of rotatable bonds is 17. The van der Waals surface area contributed by atoms with Gasteiger partial charge in [-0.25, -0.2) is 0 Å². The van der Waals surface area contributed by atoms with Crippen molar-refractivity contribution in [2.75, 3.05) is 18.6 Å². The van der Waals surface area contributed by atoms with Gasteiger partial charge in [0.05, 0.1) is 53.7 Å². The van der Waals surface area contributed by atoms with E-state index in [1.807, 2.05) is 40.7 Å². The number of aliphatic hydroxyl groups excluding tert-OH is 1. The number of thioether (sulfide) groups is 1. The molecule has 0 aromatic rings. The van der Waals surface area contributed by atoms with Gasteiger partial charge < -0.3 is 49.6 Å². The van der Waals surface area contributed by atoms with Gasteiger partial charge in [-0.3, -0.25) is 9.59 Å². The van der Waals surface area contributed by atoms with Gasteiger partial charge in [-0.2, -0.15) is 11.8 Å². The molecule has 0 amide bonds. The molecule has 4 saturated heterocycles. The standard InChI is InChI=1S/C47H80N2O10S2/c1-12-33(42(52)53)35-17-16-27(4)40(56-35)31(8)38(50)30(7)39(51)34(13-2)41-28(5)26-29(6)46(57-41)21-18-36(49-43(60)48-24-15-25-61-11)47(59-46)23-22-44(10,58-47)37-19-20-45(54,14-3)32(9)55-37/h18,21,27-38,40-41,50,54H,12-17,19-20,22-26H2,1-11H3,(H,52,53)(H2,48,49,60)/t27-,28-,29+,30-,31-,32-,33+,34?,35+,36?,37+,38+,40+,41-,44-,45+,46-,47-/m0/s1. The van der Waals surface area contributed by atoms with Crippen LogP contribution in [0.5, 0.6) is 0 Å². The molecule has 0 aromatic carbocycles. The van der Waals surface area contributed by atoms with Crippen LogP contribution >= 0.6 is 24.0 Å². The predicted molar refractivity (Wildman–Crippen MR) is 243 cm³/mol. The van der Waals surface area contributed by atoms with Crippen LogP contribution in [-0.4, -0.2) is 116 Å². The van der Waals surface area contributed by atoms with Gasteiger partial charge in [-0.05, 0) is 120 Å². The lowest BCUT2D eigenvalue weighted by Crippen LogP contribution is -2.66. The highest BCUT2D eigenvalue weighted by atomic mass is 32.2. The van der Waals surface area contributed by atoms with Crippen molar-refractivity contribution in [3.63, 3.8) is 0 Å². The molecule has 2 spiro atoms. The highest BCUT2D eigenvalue weighted by Crippen LogP contribution is 2.54. The molecule has 14 heteroatoms. The highest BCUT2D eigenvalue weighted by Gasteiger charge is 2.63. The zero-order valence-corrected chi connectivity index (χ0v) is 40.6. The first-order valence-electron chi connectivity index (χ1n) is 23.5. The first-order chi connectivity index (χ1) is 28.7. The first kappa shape index (κ1) is 50.6. The summed E-state index contributed by atoms with van der Waals surface area (Å²) in [5.41, 5.74) is -1.60. The predicted octanol–water partition coefficient (Wildman–Crippen LogP) is 7.41. The zero-order valence-electron chi connectivity index (χ0n) is 38.9. The lowest BCUT2D eigenvalue weighted by Gasteiger charge is -2.55. The topological polar surface area (TPSA) is 165 Å². The van der Waals surface area contributed by atoms with E-state index in [9.17, 15) is 24.9 Å². The summed E-state index contributed by atoms with van der Waals surface area (Å²) in [6.07, 6.45) is 10.5. The largest absolute Gasteiger partial charge is 0.481 e. The third-order valence-corrected chi connectivity index (χ3v) is 16.5. The molecule has 5 heterocycles. The highest BCUT2D eigenvalue weighted by molar-refractivity contribution is 7.98. The molecule has 4 fully saturated rings. The van der Waals surface area contributed by atoms with Gasteiger partial charge in [-0.15, -0.1) is 0 Å². The normalized spacial score (nSPS) is 41.5. The Hall–Kier alpha value is -1.36. The minimum absolute atomic E-state index is 0.0202. The minimum Gasteiger partial charge on any atom is -0.481 e. The van der Waals surface area contributed by atoms with Crippen molar-refractivity contribution in [2.45, 2.75) is 205 Å². The van der Waals surface area contributed by atoms with Gasteiger partial charge in [0.25, 0.3) is 0 Å². The number of ketones is 1. The number of nitrogens with one attached hydrogen (secondary N) is 2. The number of carbonyl (C=O) groups is 2. The number of thiocarbonyl (C=S) groups is 1. The van der Waals surface area contributed by atoms with E-state index in [1.54, 1.807) is 18.7 Å². The fraction of sp³-hybridized carbons (Fsp3) is 0.894. The minimum atomic E-state index is -1.21. The Morgan fingerprint density at radius 3 is 2.28 bits per heavy atom. The molecule has 2 unspecified atom stereocenters. The van der Waals surface area contributed by atoms with Crippen molar-refractivity contribution in [3.05, 3.63) is 12.2 Å². The summed E-state index contributed by atoms with van der Waals surface area (Å²) in [5, 5.41) is 40.4. The van der Waals surface area contributed by atoms with Crippen LogP contribution in [0.25, 0.3) is 0 Å². The third kappa shape index (κ3) is 10.7. The van der Waals surface area contributed by atoms with E-state index < -0.39 is 76.8 Å². The molecule has 5 N–H and O–H groups in total. The second-order valence-electron chi connectivity index (χ2n) is 19.7. The molecule has 18 atom stereocenters. The second kappa shape index (κ2) is 20.9. The Morgan fingerprint density at radius 1 is 0.951 bits per heavy atom. The number of carboxylic acid groups (broad SMARTS) is 1. The number of Topliss-reactive ketones (excluding diaryl/α,β-unsaturated/α-hetero) is 1. The summed E-state index contributed by atoms with van der Waals surface area (Å²) in [6.45, 7) is 20.7. The maximum atomic E-state index is 14.7. The van der Waals surface area contributed by atoms with E-state index in [0.29, 0.717) is 56.5 Å². The summed E-state index contributed by atoms with van der Waals surface area (Å²) < 4.78 is 34.8. The van der Waals surface area contributed by atoms with E-state index in [4.69, 9.17) is 35.9 Å². The summed E-state index contributed by atoms with van der Waals surface area (Å²) in [5.74, 6) is -4.48. The number of aliphatic hydroxyl groups is 2.